The van der Waals surface area contributed by atoms with Crippen molar-refractivity contribution in [3.05, 3.63) is 59.9 Å². The summed E-state index contributed by atoms with van der Waals surface area (Å²) in [6, 6.07) is 11.2. The Hall–Kier alpha value is -2.78. The van der Waals surface area contributed by atoms with Gasteiger partial charge in [-0.15, -0.1) is 0 Å². The molecule has 0 aliphatic heterocycles. The van der Waals surface area contributed by atoms with Crippen LogP contribution in [0.5, 0.6) is 0 Å². The van der Waals surface area contributed by atoms with E-state index in [2.05, 4.69) is 10.6 Å². The zero-order chi connectivity index (χ0) is 21.0. The number of hydrogen-bond acceptors (Lipinski definition) is 4. The molecule has 29 heavy (non-hydrogen) atoms. The van der Waals surface area contributed by atoms with E-state index in [4.69, 9.17) is 5.14 Å². The highest BCUT2D eigenvalue weighted by atomic mass is 32.2. The number of hydrogen-bond donors (Lipinski definition) is 3. The Bertz CT molecular complexity index is 1020. The summed E-state index contributed by atoms with van der Waals surface area (Å²) in [5.74, 6) is -1.25. The van der Waals surface area contributed by atoms with Crippen LogP contribution in [0.1, 0.15) is 36.0 Å². The fourth-order valence-electron chi connectivity index (χ4n) is 3.39. The summed E-state index contributed by atoms with van der Waals surface area (Å²) in [5, 5.41) is 10.7. The van der Waals surface area contributed by atoms with Crippen LogP contribution in [0.4, 0.5) is 10.1 Å². The fourth-order valence-corrected chi connectivity index (χ4v) is 3.95. The van der Waals surface area contributed by atoms with E-state index in [0.29, 0.717) is 31.4 Å². The fraction of sp³-hybridized carbons (Fsp3) is 0.300. The maximum absolute atomic E-state index is 13.3. The highest BCUT2D eigenvalue weighted by Crippen LogP contribution is 2.26. The summed E-state index contributed by atoms with van der Waals surface area (Å²) in [5.41, 5.74) is 0.627. The number of halogens is 1. The van der Waals surface area contributed by atoms with Gasteiger partial charge in [0, 0.05) is 23.2 Å². The average Bonchev–Trinajstić information content (AvgIpc) is 2.68. The third-order valence-corrected chi connectivity index (χ3v) is 5.86. The van der Waals surface area contributed by atoms with Crippen molar-refractivity contribution in [1.82, 2.24) is 5.32 Å². The molecule has 1 saturated carbocycles. The van der Waals surface area contributed by atoms with Crippen molar-refractivity contribution in [1.29, 1.82) is 0 Å². The van der Waals surface area contributed by atoms with Crippen LogP contribution in [0.2, 0.25) is 0 Å². The van der Waals surface area contributed by atoms with Crippen LogP contribution in [0.15, 0.2) is 53.4 Å². The number of primary sulfonamides is 1. The minimum absolute atomic E-state index is 0.0703. The van der Waals surface area contributed by atoms with E-state index in [1.165, 1.54) is 36.4 Å². The van der Waals surface area contributed by atoms with Crippen LogP contribution in [0.25, 0.3) is 0 Å². The molecule has 2 amide bonds. The molecular formula is C20H22FN3O4S. The van der Waals surface area contributed by atoms with Gasteiger partial charge in [0.05, 0.1) is 4.90 Å². The molecule has 0 bridgehead atoms. The number of nitrogens with two attached hydrogens (primary N) is 1. The lowest BCUT2D eigenvalue weighted by Crippen LogP contribution is -2.39. The lowest BCUT2D eigenvalue weighted by Gasteiger charge is -2.28. The molecule has 3 rings (SSSR count). The molecule has 0 saturated heterocycles. The van der Waals surface area contributed by atoms with Gasteiger partial charge in [0.2, 0.25) is 15.9 Å². The molecule has 4 N–H and O–H groups in total. The molecule has 7 nitrogen and oxygen atoms in total. The van der Waals surface area contributed by atoms with Crippen LogP contribution in [-0.4, -0.2) is 26.3 Å². The first-order valence-electron chi connectivity index (χ1n) is 9.22. The molecule has 2 aromatic rings. The van der Waals surface area contributed by atoms with E-state index in [0.717, 1.165) is 0 Å². The van der Waals surface area contributed by atoms with E-state index in [1.807, 2.05) is 0 Å². The number of amides is 2. The number of carbonyl (C=O) groups is 2. The second-order valence-electron chi connectivity index (χ2n) is 7.09. The Labute approximate surface area is 168 Å². The van der Waals surface area contributed by atoms with Crippen molar-refractivity contribution >= 4 is 27.5 Å². The molecule has 2 aromatic carbocycles. The van der Waals surface area contributed by atoms with Crippen LogP contribution in [0.3, 0.4) is 0 Å². The minimum atomic E-state index is -3.85. The second-order valence-corrected chi connectivity index (χ2v) is 8.66. The van der Waals surface area contributed by atoms with Crippen molar-refractivity contribution in [3.8, 4) is 0 Å². The quantitative estimate of drug-likeness (QED) is 0.689. The van der Waals surface area contributed by atoms with Crippen molar-refractivity contribution in [2.24, 2.45) is 11.1 Å². The van der Waals surface area contributed by atoms with Crippen LogP contribution in [-0.2, 0) is 14.8 Å². The Morgan fingerprint density at radius 2 is 1.69 bits per heavy atom. The molecule has 0 unspecified atom stereocenters. The summed E-state index contributed by atoms with van der Waals surface area (Å²) in [6.45, 7) is 0. The van der Waals surface area contributed by atoms with Gasteiger partial charge in [-0.1, -0.05) is 12.1 Å². The van der Waals surface area contributed by atoms with Crippen molar-refractivity contribution in [2.45, 2.75) is 36.6 Å². The molecule has 0 radical (unpaired) electrons. The van der Waals surface area contributed by atoms with Crippen LogP contribution >= 0.6 is 0 Å². The van der Waals surface area contributed by atoms with Gasteiger partial charge in [-0.05, 0) is 62.1 Å². The topological polar surface area (TPSA) is 118 Å². The lowest BCUT2D eigenvalue weighted by molar-refractivity contribution is -0.120. The van der Waals surface area contributed by atoms with Crippen molar-refractivity contribution in [3.63, 3.8) is 0 Å². The van der Waals surface area contributed by atoms with E-state index < -0.39 is 15.8 Å². The van der Waals surface area contributed by atoms with Crippen LogP contribution < -0.4 is 15.8 Å². The number of sulfonamides is 1. The smallest absolute Gasteiger partial charge is 0.251 e. The van der Waals surface area contributed by atoms with E-state index >= 15 is 0 Å². The molecule has 0 spiro atoms. The maximum atomic E-state index is 13.3. The third-order valence-electron chi connectivity index (χ3n) is 4.95. The largest absolute Gasteiger partial charge is 0.349 e. The van der Waals surface area contributed by atoms with E-state index in [1.54, 1.807) is 12.1 Å². The first kappa shape index (κ1) is 20.9. The Balaban J connectivity index is 1.53. The van der Waals surface area contributed by atoms with Gasteiger partial charge in [0.15, 0.2) is 0 Å². The standard InChI is InChI=1S/C20H22FN3O4S/c21-15-4-1-3-14(11-15)20(26)23-16-9-7-13(8-10-16)19(25)24-17-5-2-6-18(12-17)29(22,27)28/h1-6,11-13,16H,7-10H2,(H,23,26)(H,24,25)(H2,22,27,28). The SMILES string of the molecule is NS(=O)(=O)c1cccc(NC(=O)C2CCC(NC(=O)c3cccc(F)c3)CC2)c1. The summed E-state index contributed by atoms with van der Waals surface area (Å²) in [4.78, 5) is 24.6. The van der Waals surface area contributed by atoms with Gasteiger partial charge in [-0.2, -0.15) is 0 Å². The predicted molar refractivity (Wildman–Crippen MR) is 106 cm³/mol. The molecule has 154 valence electrons. The summed E-state index contributed by atoms with van der Waals surface area (Å²) in [7, 11) is -3.85. The summed E-state index contributed by atoms with van der Waals surface area (Å²) >= 11 is 0. The zero-order valence-electron chi connectivity index (χ0n) is 15.6. The summed E-state index contributed by atoms with van der Waals surface area (Å²) < 4.78 is 36.1. The lowest BCUT2D eigenvalue weighted by atomic mass is 9.85. The van der Waals surface area contributed by atoms with Crippen molar-refractivity contribution in [2.75, 3.05) is 5.32 Å². The van der Waals surface area contributed by atoms with Gasteiger partial charge in [-0.25, -0.2) is 17.9 Å². The highest BCUT2D eigenvalue weighted by Gasteiger charge is 2.27. The Morgan fingerprint density at radius 3 is 2.34 bits per heavy atom. The third kappa shape index (κ3) is 5.61. The first-order chi connectivity index (χ1) is 13.7. The van der Waals surface area contributed by atoms with Gasteiger partial charge < -0.3 is 10.6 Å². The van der Waals surface area contributed by atoms with Gasteiger partial charge in [-0.3, -0.25) is 9.59 Å². The zero-order valence-corrected chi connectivity index (χ0v) is 16.4. The molecular weight excluding hydrogens is 397 g/mol. The average molecular weight is 419 g/mol. The van der Waals surface area contributed by atoms with E-state index in [9.17, 15) is 22.4 Å². The first-order valence-corrected chi connectivity index (χ1v) is 10.8. The molecule has 9 heteroatoms. The second kappa shape index (κ2) is 8.71. The number of nitrogens with one attached hydrogen (secondary N) is 2. The maximum Gasteiger partial charge on any atom is 0.251 e. The highest BCUT2D eigenvalue weighted by molar-refractivity contribution is 7.89. The van der Waals surface area contributed by atoms with Crippen LogP contribution in [0, 0.1) is 11.7 Å². The van der Waals surface area contributed by atoms with Gasteiger partial charge in [0.1, 0.15) is 5.82 Å². The minimum Gasteiger partial charge on any atom is -0.349 e. The Kier molecular flexibility index (Phi) is 6.29. The number of benzene rings is 2. The molecule has 0 aromatic heterocycles. The monoisotopic (exact) mass is 419 g/mol. The van der Waals surface area contributed by atoms with E-state index in [-0.39, 0.29) is 34.2 Å². The van der Waals surface area contributed by atoms with Crippen molar-refractivity contribution < 1.29 is 22.4 Å². The van der Waals surface area contributed by atoms with Gasteiger partial charge >= 0.3 is 0 Å². The normalized spacial score (nSPS) is 19.4. The van der Waals surface area contributed by atoms with Gasteiger partial charge in [0.25, 0.3) is 5.91 Å². The predicted octanol–water partition coefficient (Wildman–Crippen LogP) is 2.40. The molecule has 1 aliphatic carbocycles. The molecule has 0 heterocycles. The molecule has 1 aliphatic rings. The summed E-state index contributed by atoms with van der Waals surface area (Å²) in [6.07, 6.45) is 2.40. The molecule has 1 fully saturated rings. The number of rotatable bonds is 5. The number of carbonyl (C=O) groups excluding carboxylic acids is 2. The number of anilines is 1. The Morgan fingerprint density at radius 1 is 1.00 bits per heavy atom. The molecule has 0 atom stereocenters.